The van der Waals surface area contributed by atoms with E-state index in [2.05, 4.69) is 15.9 Å². The zero-order valence-corrected chi connectivity index (χ0v) is 14.0. The highest BCUT2D eigenvalue weighted by Crippen LogP contribution is 2.29. The van der Waals surface area contributed by atoms with E-state index >= 15 is 0 Å². The molecule has 1 atom stereocenters. The number of rotatable bonds is 3. The summed E-state index contributed by atoms with van der Waals surface area (Å²) < 4.78 is 0. The van der Waals surface area contributed by atoms with Gasteiger partial charge in [-0.05, 0) is 56.5 Å². The van der Waals surface area contributed by atoms with E-state index in [0.29, 0.717) is 5.56 Å². The van der Waals surface area contributed by atoms with E-state index in [1.54, 1.807) is 12.1 Å². The molecule has 0 unspecified atom stereocenters. The lowest BCUT2D eigenvalue weighted by Crippen LogP contribution is -2.43. The molecule has 1 saturated carbocycles. The van der Waals surface area contributed by atoms with Crippen LogP contribution < -0.4 is 4.90 Å². The van der Waals surface area contributed by atoms with Gasteiger partial charge in [-0.25, -0.2) is 0 Å². The average Bonchev–Trinajstić information content (AvgIpc) is 3.41. The highest BCUT2D eigenvalue weighted by molar-refractivity contribution is 5.99. The molecule has 1 aromatic rings. The van der Waals surface area contributed by atoms with E-state index in [0.717, 1.165) is 50.7 Å². The quantitative estimate of drug-likeness (QED) is 0.851. The van der Waals surface area contributed by atoms with Crippen molar-refractivity contribution < 1.29 is 4.79 Å². The highest BCUT2D eigenvalue weighted by atomic mass is 16.2. The molecule has 0 radical (unpaired) electrons. The second-order valence-electron chi connectivity index (χ2n) is 7.11. The van der Waals surface area contributed by atoms with Gasteiger partial charge in [0.15, 0.2) is 0 Å². The fourth-order valence-electron chi connectivity index (χ4n) is 4.05. The number of carbonyl (C=O) groups excluding carboxylic acids is 1. The number of amides is 1. The summed E-state index contributed by atoms with van der Waals surface area (Å²) in [5, 5.41) is 8.91. The van der Waals surface area contributed by atoms with Crippen LogP contribution in [0.2, 0.25) is 0 Å². The van der Waals surface area contributed by atoms with Crippen LogP contribution in [0, 0.1) is 11.3 Å². The molecule has 0 N–H and O–H groups in total. The van der Waals surface area contributed by atoms with Gasteiger partial charge in [0.1, 0.15) is 0 Å². The van der Waals surface area contributed by atoms with E-state index in [-0.39, 0.29) is 11.9 Å². The Labute approximate surface area is 143 Å². The van der Waals surface area contributed by atoms with Crippen LogP contribution in [0.25, 0.3) is 0 Å². The van der Waals surface area contributed by atoms with Crippen LogP contribution in [0.1, 0.15) is 31.2 Å². The lowest BCUT2D eigenvalue weighted by molar-refractivity contribution is -0.121. The van der Waals surface area contributed by atoms with Gasteiger partial charge < -0.3 is 4.90 Å². The minimum absolute atomic E-state index is 0.0276. The highest BCUT2D eigenvalue weighted by Gasteiger charge is 2.38. The molecule has 3 aliphatic rings. The Hall–Kier alpha value is -1.90. The van der Waals surface area contributed by atoms with Gasteiger partial charge in [-0.2, -0.15) is 5.26 Å². The summed E-state index contributed by atoms with van der Waals surface area (Å²) in [4.78, 5) is 19.8. The molecule has 0 aromatic heterocycles. The van der Waals surface area contributed by atoms with E-state index in [1.807, 2.05) is 17.0 Å². The summed E-state index contributed by atoms with van der Waals surface area (Å²) in [5.74, 6) is 0.222. The van der Waals surface area contributed by atoms with Crippen molar-refractivity contribution in [1.82, 2.24) is 9.80 Å². The molecule has 0 spiro atoms. The molecule has 4 rings (SSSR count). The summed E-state index contributed by atoms with van der Waals surface area (Å²) in [7, 11) is 0. The number of carbonyl (C=O) groups is 1. The number of nitrogens with zero attached hydrogens (tertiary/aromatic N) is 4. The van der Waals surface area contributed by atoms with E-state index in [1.165, 1.54) is 19.4 Å². The fourth-order valence-corrected chi connectivity index (χ4v) is 4.05. The van der Waals surface area contributed by atoms with Crippen molar-refractivity contribution in [2.75, 3.05) is 37.6 Å². The van der Waals surface area contributed by atoms with Crippen molar-refractivity contribution in [2.45, 2.75) is 37.8 Å². The van der Waals surface area contributed by atoms with Gasteiger partial charge in [0.05, 0.1) is 17.7 Å². The first-order valence-corrected chi connectivity index (χ1v) is 9.06. The van der Waals surface area contributed by atoms with E-state index in [4.69, 9.17) is 5.26 Å². The second kappa shape index (κ2) is 6.54. The van der Waals surface area contributed by atoms with E-state index < -0.39 is 0 Å². The van der Waals surface area contributed by atoms with Crippen molar-refractivity contribution in [3.8, 4) is 6.07 Å². The smallest absolute Gasteiger partial charge is 0.244 e. The summed E-state index contributed by atoms with van der Waals surface area (Å²) in [6.07, 6.45) is 4.78. The molecule has 0 bridgehead atoms. The van der Waals surface area contributed by atoms with Crippen LogP contribution in [0.4, 0.5) is 5.69 Å². The molecule has 5 heteroatoms. The lowest BCUT2D eigenvalue weighted by atomic mass is 10.2. The van der Waals surface area contributed by atoms with Crippen LogP contribution in [-0.4, -0.2) is 60.5 Å². The Morgan fingerprint density at radius 1 is 0.917 bits per heavy atom. The fraction of sp³-hybridized carbons (Fsp3) is 0.579. The van der Waals surface area contributed by atoms with Gasteiger partial charge in [-0.3, -0.25) is 14.6 Å². The predicted octanol–water partition coefficient (Wildman–Crippen LogP) is 1.83. The Kier molecular flexibility index (Phi) is 4.26. The third-order valence-corrected chi connectivity index (χ3v) is 5.55. The second-order valence-corrected chi connectivity index (χ2v) is 7.11. The maximum Gasteiger partial charge on any atom is 0.244 e. The van der Waals surface area contributed by atoms with Crippen molar-refractivity contribution in [3.05, 3.63) is 29.8 Å². The Bertz CT molecular complexity index is 646. The maximum atomic E-state index is 12.9. The number of hydrogen-bond donors (Lipinski definition) is 0. The van der Waals surface area contributed by atoms with Crippen LogP contribution >= 0.6 is 0 Å². The van der Waals surface area contributed by atoms with Crippen molar-refractivity contribution >= 4 is 11.6 Å². The molecule has 5 nitrogen and oxygen atoms in total. The molecule has 24 heavy (non-hydrogen) atoms. The van der Waals surface area contributed by atoms with Gasteiger partial charge in [-0.15, -0.1) is 0 Å². The topological polar surface area (TPSA) is 50.6 Å². The molecule has 1 amide bonds. The molecule has 126 valence electrons. The standard InChI is InChI=1S/C19H24N4O/c20-14-15-2-4-17(5-3-15)23-11-8-18(19(23)24)22-10-1-9-21(12-13-22)16-6-7-16/h2-5,16,18H,1,6-13H2/t18-/m1/s1. The monoisotopic (exact) mass is 324 g/mol. The maximum absolute atomic E-state index is 12.9. The van der Waals surface area contributed by atoms with Gasteiger partial charge in [0.25, 0.3) is 0 Å². The molecular weight excluding hydrogens is 300 g/mol. The molecular formula is C19H24N4O. The molecule has 2 heterocycles. The number of anilines is 1. The van der Waals surface area contributed by atoms with Crippen molar-refractivity contribution in [1.29, 1.82) is 5.26 Å². The van der Waals surface area contributed by atoms with Gasteiger partial charge in [0, 0.05) is 37.9 Å². The van der Waals surface area contributed by atoms with Crippen LogP contribution in [0.3, 0.4) is 0 Å². The zero-order chi connectivity index (χ0) is 16.5. The third kappa shape index (κ3) is 3.04. The van der Waals surface area contributed by atoms with Crippen molar-refractivity contribution in [2.24, 2.45) is 0 Å². The summed E-state index contributed by atoms with van der Waals surface area (Å²) in [6, 6.07) is 10.3. The molecule has 2 saturated heterocycles. The van der Waals surface area contributed by atoms with Crippen LogP contribution in [0.15, 0.2) is 24.3 Å². The van der Waals surface area contributed by atoms with Crippen LogP contribution in [0.5, 0.6) is 0 Å². The van der Waals surface area contributed by atoms with Gasteiger partial charge >= 0.3 is 0 Å². The third-order valence-electron chi connectivity index (χ3n) is 5.55. The Morgan fingerprint density at radius 3 is 2.33 bits per heavy atom. The predicted molar refractivity (Wildman–Crippen MR) is 92.7 cm³/mol. The Morgan fingerprint density at radius 2 is 1.62 bits per heavy atom. The molecule has 1 aromatic carbocycles. The molecule has 2 aliphatic heterocycles. The Balaban J connectivity index is 1.41. The molecule has 3 fully saturated rings. The minimum Gasteiger partial charge on any atom is -0.311 e. The SMILES string of the molecule is N#Cc1ccc(N2CC[C@@H](N3CCCN(C4CC4)CC3)C2=O)cc1. The first-order chi connectivity index (χ1) is 11.8. The first-order valence-electron chi connectivity index (χ1n) is 9.06. The summed E-state index contributed by atoms with van der Waals surface area (Å²) in [5.41, 5.74) is 1.55. The minimum atomic E-state index is 0.0276. The van der Waals surface area contributed by atoms with Crippen molar-refractivity contribution in [3.63, 3.8) is 0 Å². The zero-order valence-electron chi connectivity index (χ0n) is 14.0. The average molecular weight is 324 g/mol. The van der Waals surface area contributed by atoms with Gasteiger partial charge in [0.2, 0.25) is 5.91 Å². The number of benzene rings is 1. The normalized spacial score (nSPS) is 26.4. The van der Waals surface area contributed by atoms with Crippen LogP contribution in [-0.2, 0) is 4.79 Å². The number of hydrogen-bond acceptors (Lipinski definition) is 4. The van der Waals surface area contributed by atoms with Gasteiger partial charge in [-0.1, -0.05) is 0 Å². The lowest BCUT2D eigenvalue weighted by Gasteiger charge is -2.26. The summed E-state index contributed by atoms with van der Waals surface area (Å²) in [6.45, 7) is 5.10. The van der Waals surface area contributed by atoms with E-state index in [9.17, 15) is 4.79 Å². The first kappa shape index (κ1) is 15.6. The number of nitriles is 1. The summed E-state index contributed by atoms with van der Waals surface area (Å²) >= 11 is 0. The largest absolute Gasteiger partial charge is 0.311 e. The molecule has 1 aliphatic carbocycles.